The molecule has 1 saturated carbocycles. The summed E-state index contributed by atoms with van der Waals surface area (Å²) in [6, 6.07) is 0. The van der Waals surface area contributed by atoms with Gasteiger partial charge in [0, 0.05) is 0 Å². The Morgan fingerprint density at radius 1 is 1.07 bits per heavy atom. The van der Waals surface area contributed by atoms with Crippen LogP contribution in [0.2, 0.25) is 0 Å². The summed E-state index contributed by atoms with van der Waals surface area (Å²) in [5.41, 5.74) is -0.308. The molecule has 2 nitrogen and oxygen atoms in total. The average Bonchev–Trinajstić information content (AvgIpc) is 1.97. The fraction of sp³-hybridized carbons (Fsp3) is 1.00. The fourth-order valence-electron chi connectivity index (χ4n) is 2.70. The second kappa shape index (κ2) is 4.42. The first-order valence-corrected chi connectivity index (χ1v) is 6.07. The van der Waals surface area contributed by atoms with Crippen LogP contribution in [0.5, 0.6) is 0 Å². The highest BCUT2D eigenvalue weighted by atomic mass is 17.2. The van der Waals surface area contributed by atoms with Crippen LogP contribution in [0.15, 0.2) is 0 Å². The molecular weight excluding hydrogens is 188 g/mol. The van der Waals surface area contributed by atoms with E-state index in [1.807, 2.05) is 20.8 Å². The molecule has 0 bridgehead atoms. The summed E-state index contributed by atoms with van der Waals surface area (Å²) >= 11 is 0. The zero-order valence-corrected chi connectivity index (χ0v) is 11.1. The Labute approximate surface area is 94.3 Å². The number of rotatable bonds is 2. The van der Waals surface area contributed by atoms with Gasteiger partial charge in [0.1, 0.15) is 5.60 Å². The van der Waals surface area contributed by atoms with E-state index < -0.39 is 0 Å². The number of hydrogen-bond donors (Lipinski definition) is 0. The first-order valence-electron chi connectivity index (χ1n) is 6.07. The van der Waals surface area contributed by atoms with Gasteiger partial charge in [0.15, 0.2) is 0 Å². The van der Waals surface area contributed by atoms with Gasteiger partial charge in [0.05, 0.1) is 5.60 Å². The van der Waals surface area contributed by atoms with E-state index in [1.165, 1.54) is 6.42 Å². The van der Waals surface area contributed by atoms with Gasteiger partial charge in [0.25, 0.3) is 0 Å². The zero-order valence-electron chi connectivity index (χ0n) is 11.1. The van der Waals surface area contributed by atoms with Gasteiger partial charge < -0.3 is 0 Å². The molecule has 0 aromatic rings. The molecule has 0 saturated heterocycles. The lowest BCUT2D eigenvalue weighted by molar-refractivity contribution is -0.408. The maximum absolute atomic E-state index is 5.68. The second-order valence-electron chi connectivity index (χ2n) is 6.58. The van der Waals surface area contributed by atoms with E-state index in [4.69, 9.17) is 9.78 Å². The van der Waals surface area contributed by atoms with E-state index in [0.717, 1.165) is 24.7 Å². The predicted octanol–water partition coefficient (Wildman–Crippen LogP) is 3.95. The molecule has 1 fully saturated rings. The highest BCUT2D eigenvalue weighted by Crippen LogP contribution is 2.38. The van der Waals surface area contributed by atoms with E-state index in [-0.39, 0.29) is 11.2 Å². The molecule has 1 aliphatic rings. The van der Waals surface area contributed by atoms with Gasteiger partial charge in [-0.2, -0.15) is 0 Å². The summed E-state index contributed by atoms with van der Waals surface area (Å²) in [5, 5.41) is 0. The molecule has 0 spiro atoms. The Morgan fingerprint density at radius 2 is 1.53 bits per heavy atom. The Bertz CT molecular complexity index is 195. The van der Waals surface area contributed by atoms with Gasteiger partial charge in [-0.3, -0.25) is 0 Å². The smallest absolute Gasteiger partial charge is 0.101 e. The molecule has 2 atom stereocenters. The van der Waals surface area contributed by atoms with Gasteiger partial charge >= 0.3 is 0 Å². The van der Waals surface area contributed by atoms with Gasteiger partial charge in [-0.15, -0.1) is 0 Å². The predicted molar refractivity (Wildman–Crippen MR) is 62.5 cm³/mol. The van der Waals surface area contributed by atoms with Gasteiger partial charge in [-0.05, 0) is 58.8 Å². The first kappa shape index (κ1) is 13.0. The summed E-state index contributed by atoms with van der Waals surface area (Å²) in [6.45, 7) is 12.8. The third-order valence-electron chi connectivity index (χ3n) is 2.86. The average molecular weight is 214 g/mol. The van der Waals surface area contributed by atoms with Crippen LogP contribution in [0.1, 0.15) is 60.8 Å². The Morgan fingerprint density at radius 3 is 1.93 bits per heavy atom. The lowest BCUT2D eigenvalue weighted by Gasteiger charge is -2.40. The van der Waals surface area contributed by atoms with E-state index in [1.54, 1.807) is 0 Å². The minimum absolute atomic E-state index is 0.0929. The fourth-order valence-corrected chi connectivity index (χ4v) is 2.70. The Balaban J connectivity index is 2.50. The third-order valence-corrected chi connectivity index (χ3v) is 2.86. The molecule has 1 rings (SSSR count). The lowest BCUT2D eigenvalue weighted by atomic mass is 9.75. The van der Waals surface area contributed by atoms with Crippen molar-refractivity contribution in [2.45, 2.75) is 72.0 Å². The standard InChI is InChI=1S/C13H26O2/c1-10-7-11(2)9-13(6,8-10)15-14-12(3,4)5/h10-11H,7-9H2,1-6H3. The molecule has 2 heteroatoms. The van der Waals surface area contributed by atoms with Gasteiger partial charge in [0.2, 0.25) is 0 Å². The largest absolute Gasteiger partial charge is 0.230 e. The quantitative estimate of drug-likeness (QED) is 0.512. The van der Waals surface area contributed by atoms with Crippen molar-refractivity contribution in [3.63, 3.8) is 0 Å². The van der Waals surface area contributed by atoms with Crippen LogP contribution in [-0.2, 0) is 9.78 Å². The van der Waals surface area contributed by atoms with Crippen molar-refractivity contribution in [2.75, 3.05) is 0 Å². The topological polar surface area (TPSA) is 18.5 Å². The Hall–Kier alpha value is -0.0800. The van der Waals surface area contributed by atoms with E-state index in [0.29, 0.717) is 0 Å². The van der Waals surface area contributed by atoms with Crippen molar-refractivity contribution in [1.29, 1.82) is 0 Å². The molecule has 2 unspecified atom stereocenters. The molecule has 0 aromatic heterocycles. The molecule has 0 aliphatic heterocycles. The second-order valence-corrected chi connectivity index (χ2v) is 6.58. The molecular formula is C13H26O2. The summed E-state index contributed by atoms with van der Waals surface area (Å²) in [5.74, 6) is 1.48. The summed E-state index contributed by atoms with van der Waals surface area (Å²) < 4.78 is 0. The molecule has 0 aromatic carbocycles. The van der Waals surface area contributed by atoms with Crippen LogP contribution in [0.4, 0.5) is 0 Å². The monoisotopic (exact) mass is 214 g/mol. The van der Waals surface area contributed by atoms with E-state index >= 15 is 0 Å². The Kier molecular flexibility index (Phi) is 3.83. The summed E-state index contributed by atoms with van der Waals surface area (Å²) in [4.78, 5) is 11.1. The van der Waals surface area contributed by atoms with Crippen molar-refractivity contribution in [3.05, 3.63) is 0 Å². The molecule has 0 heterocycles. The molecule has 90 valence electrons. The SMILES string of the molecule is CC1CC(C)CC(C)(OOC(C)(C)C)C1. The van der Waals surface area contributed by atoms with Crippen LogP contribution < -0.4 is 0 Å². The third kappa shape index (κ3) is 4.52. The van der Waals surface area contributed by atoms with Gasteiger partial charge in [-0.25, -0.2) is 9.78 Å². The minimum Gasteiger partial charge on any atom is -0.230 e. The van der Waals surface area contributed by atoms with Crippen LogP contribution >= 0.6 is 0 Å². The first-order chi connectivity index (χ1) is 6.70. The lowest BCUT2D eigenvalue weighted by Crippen LogP contribution is -2.39. The summed E-state index contributed by atoms with van der Waals surface area (Å²) in [7, 11) is 0. The molecule has 0 radical (unpaired) electrons. The van der Waals surface area contributed by atoms with Crippen molar-refractivity contribution < 1.29 is 9.78 Å². The number of hydrogen-bond acceptors (Lipinski definition) is 2. The van der Waals surface area contributed by atoms with Crippen LogP contribution in [0, 0.1) is 11.8 Å². The van der Waals surface area contributed by atoms with Crippen molar-refractivity contribution >= 4 is 0 Å². The maximum atomic E-state index is 5.68. The van der Waals surface area contributed by atoms with Crippen LogP contribution in [0.25, 0.3) is 0 Å². The molecule has 1 aliphatic carbocycles. The summed E-state index contributed by atoms with van der Waals surface area (Å²) in [6.07, 6.45) is 3.52. The highest BCUT2D eigenvalue weighted by Gasteiger charge is 2.36. The molecule has 0 amide bonds. The molecule has 15 heavy (non-hydrogen) atoms. The normalized spacial score (nSPS) is 38.0. The highest BCUT2D eigenvalue weighted by molar-refractivity contribution is 4.85. The zero-order chi connectivity index (χ0) is 11.7. The maximum Gasteiger partial charge on any atom is 0.101 e. The van der Waals surface area contributed by atoms with Crippen molar-refractivity contribution in [1.82, 2.24) is 0 Å². The van der Waals surface area contributed by atoms with Crippen molar-refractivity contribution in [3.8, 4) is 0 Å². The van der Waals surface area contributed by atoms with E-state index in [9.17, 15) is 0 Å². The van der Waals surface area contributed by atoms with Crippen molar-refractivity contribution in [2.24, 2.45) is 11.8 Å². The minimum atomic E-state index is -0.215. The van der Waals surface area contributed by atoms with Gasteiger partial charge in [-0.1, -0.05) is 13.8 Å². The van der Waals surface area contributed by atoms with Crippen LogP contribution in [-0.4, -0.2) is 11.2 Å². The molecule has 0 N–H and O–H groups in total. The van der Waals surface area contributed by atoms with Crippen LogP contribution in [0.3, 0.4) is 0 Å². The van der Waals surface area contributed by atoms with E-state index in [2.05, 4.69) is 20.8 Å².